The van der Waals surface area contributed by atoms with Crippen LogP contribution in [-0.4, -0.2) is 81.7 Å². The maximum Gasteiger partial charge on any atom is 0.264 e. The summed E-state index contributed by atoms with van der Waals surface area (Å²) >= 11 is 0. The minimum Gasteiger partial charge on any atom is -0.379 e. The predicted molar refractivity (Wildman–Crippen MR) is 151 cm³/mol. The molecular formula is C30H34F3N5O2. The van der Waals surface area contributed by atoms with Gasteiger partial charge in [0.1, 0.15) is 5.82 Å². The van der Waals surface area contributed by atoms with Gasteiger partial charge in [-0.05, 0) is 48.5 Å². The first kappa shape index (κ1) is 27.9. The first-order valence-electron chi connectivity index (χ1n) is 13.4. The molecule has 10 heteroatoms. The number of carbonyl (C=O) groups excluding carboxylic acids is 1. The molecule has 3 aliphatic heterocycles. The van der Waals surface area contributed by atoms with E-state index in [1.807, 2.05) is 25.2 Å². The molecule has 5 rings (SSSR count). The first-order valence-corrected chi connectivity index (χ1v) is 13.4. The number of nitrogens with zero attached hydrogens (tertiary/aromatic N) is 3. The molecule has 0 radical (unpaired) electrons. The fourth-order valence-corrected chi connectivity index (χ4v) is 5.16. The molecule has 1 amide bonds. The molecule has 0 saturated carbocycles. The van der Waals surface area contributed by atoms with Crippen molar-refractivity contribution in [2.24, 2.45) is 0 Å². The maximum absolute atomic E-state index is 15.1. The average molecular weight is 554 g/mol. The van der Waals surface area contributed by atoms with Crippen molar-refractivity contribution in [3.8, 4) is 11.1 Å². The standard InChI is InChI=1S/C30H34F3N5O2/c1-20-15-24(29(32)33)25(18-34-20)30(39)35-27-17-22(4-6-28(27)38-9-7-36(2)8-10-38)23-16-21(3-5-26(23)31)19-37-11-13-40-14-12-37/h3-6,15-18,29,34H,1,7-14,19H2,2H3,(H,35,39). The van der Waals surface area contributed by atoms with E-state index in [0.29, 0.717) is 36.6 Å². The zero-order chi connectivity index (χ0) is 28.2. The molecule has 0 spiro atoms. The number of hydrogen-bond donors (Lipinski definition) is 2. The van der Waals surface area contributed by atoms with Crippen molar-refractivity contribution < 1.29 is 22.7 Å². The number of alkyl halides is 2. The number of piperazine rings is 1. The summed E-state index contributed by atoms with van der Waals surface area (Å²) in [5.41, 5.74) is 2.86. The molecule has 2 aromatic rings. The van der Waals surface area contributed by atoms with Crippen LogP contribution >= 0.6 is 0 Å². The normalized spacial score (nSPS) is 18.8. The largest absolute Gasteiger partial charge is 0.379 e. The smallest absolute Gasteiger partial charge is 0.264 e. The summed E-state index contributed by atoms with van der Waals surface area (Å²) in [5, 5.41) is 5.59. The van der Waals surface area contributed by atoms with Crippen LogP contribution < -0.4 is 15.5 Å². The van der Waals surface area contributed by atoms with Crippen molar-refractivity contribution in [2.45, 2.75) is 13.0 Å². The van der Waals surface area contributed by atoms with Gasteiger partial charge >= 0.3 is 0 Å². The van der Waals surface area contributed by atoms with Crippen LogP contribution in [0.25, 0.3) is 11.1 Å². The number of morpholine rings is 1. The van der Waals surface area contributed by atoms with Gasteiger partial charge < -0.3 is 25.2 Å². The van der Waals surface area contributed by atoms with Crippen LogP contribution in [0, 0.1) is 5.82 Å². The van der Waals surface area contributed by atoms with E-state index in [-0.39, 0.29) is 17.1 Å². The quantitative estimate of drug-likeness (QED) is 0.536. The highest BCUT2D eigenvalue weighted by atomic mass is 19.3. The highest BCUT2D eigenvalue weighted by Crippen LogP contribution is 2.35. The second-order valence-corrected chi connectivity index (χ2v) is 10.3. The van der Waals surface area contributed by atoms with E-state index >= 15 is 4.39 Å². The van der Waals surface area contributed by atoms with Crippen LogP contribution in [0.2, 0.25) is 0 Å². The summed E-state index contributed by atoms with van der Waals surface area (Å²) in [4.78, 5) is 19.9. The third-order valence-corrected chi connectivity index (χ3v) is 7.46. The van der Waals surface area contributed by atoms with Gasteiger partial charge in [0.2, 0.25) is 0 Å². The molecule has 0 aromatic heterocycles. The molecule has 0 unspecified atom stereocenters. The summed E-state index contributed by atoms with van der Waals surface area (Å²) in [6.07, 6.45) is -0.428. The van der Waals surface area contributed by atoms with Gasteiger partial charge in [0, 0.05) is 68.8 Å². The lowest BCUT2D eigenvalue weighted by Crippen LogP contribution is -2.44. The van der Waals surface area contributed by atoms with Crippen LogP contribution in [0.5, 0.6) is 0 Å². The van der Waals surface area contributed by atoms with E-state index < -0.39 is 17.9 Å². The monoisotopic (exact) mass is 553 g/mol. The van der Waals surface area contributed by atoms with Crippen molar-refractivity contribution >= 4 is 17.3 Å². The Kier molecular flexibility index (Phi) is 8.58. The molecule has 2 N–H and O–H groups in total. The molecule has 7 nitrogen and oxygen atoms in total. The highest BCUT2D eigenvalue weighted by Gasteiger charge is 2.27. The van der Waals surface area contributed by atoms with E-state index in [1.54, 1.807) is 12.1 Å². The number of rotatable bonds is 7. The summed E-state index contributed by atoms with van der Waals surface area (Å²) < 4.78 is 48.1. The molecule has 2 fully saturated rings. The Balaban J connectivity index is 1.47. The SMILES string of the molecule is C=C1C=C(C(F)F)C(C(=O)Nc2cc(-c3cc(CN4CCOCC4)ccc3F)ccc2N2CCN(C)CC2)=CN1. The lowest BCUT2D eigenvalue weighted by molar-refractivity contribution is -0.112. The molecule has 0 aliphatic carbocycles. The van der Waals surface area contributed by atoms with Crippen LogP contribution in [0.4, 0.5) is 24.5 Å². The van der Waals surface area contributed by atoms with Gasteiger partial charge in [-0.2, -0.15) is 0 Å². The van der Waals surface area contributed by atoms with Gasteiger partial charge in [-0.1, -0.05) is 18.7 Å². The number of nitrogens with one attached hydrogen (secondary N) is 2. The number of dihydropyridines is 1. The third kappa shape index (κ3) is 6.41. The molecule has 2 aromatic carbocycles. The molecule has 0 bridgehead atoms. The van der Waals surface area contributed by atoms with Gasteiger partial charge in [0.25, 0.3) is 12.3 Å². The second kappa shape index (κ2) is 12.3. The van der Waals surface area contributed by atoms with Gasteiger partial charge in [-0.25, -0.2) is 13.2 Å². The van der Waals surface area contributed by atoms with Gasteiger partial charge in [-0.3, -0.25) is 9.69 Å². The van der Waals surface area contributed by atoms with Crippen LogP contribution in [0.3, 0.4) is 0 Å². The fraction of sp³-hybridized carbons (Fsp3) is 0.367. The summed E-state index contributed by atoms with van der Waals surface area (Å²) in [6.45, 7) is 10.4. The number of amides is 1. The zero-order valence-electron chi connectivity index (χ0n) is 22.6. The van der Waals surface area contributed by atoms with Crippen molar-refractivity contribution in [3.05, 3.63) is 83.5 Å². The molecule has 212 valence electrons. The Morgan fingerprint density at radius 2 is 1.82 bits per heavy atom. The maximum atomic E-state index is 15.1. The molecule has 0 atom stereocenters. The first-order chi connectivity index (χ1) is 19.3. The molecular weight excluding hydrogens is 519 g/mol. The van der Waals surface area contributed by atoms with Crippen LogP contribution in [-0.2, 0) is 16.1 Å². The van der Waals surface area contributed by atoms with Gasteiger partial charge in [-0.15, -0.1) is 0 Å². The van der Waals surface area contributed by atoms with Gasteiger partial charge in [0.15, 0.2) is 0 Å². The fourth-order valence-electron chi connectivity index (χ4n) is 5.16. The van der Waals surface area contributed by atoms with E-state index in [2.05, 4.69) is 31.9 Å². The molecule has 3 heterocycles. The Hall–Kier alpha value is -3.60. The molecule has 2 saturated heterocycles. The summed E-state index contributed by atoms with van der Waals surface area (Å²) in [7, 11) is 2.05. The van der Waals surface area contributed by atoms with E-state index in [1.165, 1.54) is 18.3 Å². The number of ether oxygens (including phenoxy) is 1. The van der Waals surface area contributed by atoms with Crippen LogP contribution in [0.15, 0.2) is 72.1 Å². The van der Waals surface area contributed by atoms with Crippen LogP contribution in [0.1, 0.15) is 5.56 Å². The minimum atomic E-state index is -2.84. The van der Waals surface area contributed by atoms with Crippen molar-refractivity contribution in [3.63, 3.8) is 0 Å². The Morgan fingerprint density at radius 1 is 1.07 bits per heavy atom. The number of benzene rings is 2. The number of carbonyl (C=O) groups is 1. The van der Waals surface area contributed by atoms with Crippen molar-refractivity contribution in [2.75, 3.05) is 69.7 Å². The van der Waals surface area contributed by atoms with E-state index in [4.69, 9.17) is 4.74 Å². The van der Waals surface area contributed by atoms with Gasteiger partial charge in [0.05, 0.1) is 30.2 Å². The average Bonchev–Trinajstić information content (AvgIpc) is 2.95. The number of likely N-dealkylation sites (N-methyl/N-ethyl adjacent to an activating group) is 1. The van der Waals surface area contributed by atoms with Crippen molar-refractivity contribution in [1.82, 2.24) is 15.1 Å². The predicted octanol–water partition coefficient (Wildman–Crippen LogP) is 4.21. The zero-order valence-corrected chi connectivity index (χ0v) is 22.6. The summed E-state index contributed by atoms with van der Waals surface area (Å²) in [5.74, 6) is -1.06. The topological polar surface area (TPSA) is 60.1 Å². The number of allylic oxidation sites excluding steroid dienone is 1. The molecule has 40 heavy (non-hydrogen) atoms. The number of hydrogen-bond acceptors (Lipinski definition) is 6. The lowest BCUT2D eigenvalue weighted by atomic mass is 9.99. The lowest BCUT2D eigenvalue weighted by Gasteiger charge is -2.35. The Labute approximate surface area is 232 Å². The minimum absolute atomic E-state index is 0.171. The summed E-state index contributed by atoms with van der Waals surface area (Å²) in [6, 6.07) is 10.5. The number of halogens is 3. The van der Waals surface area contributed by atoms with E-state index in [9.17, 15) is 13.6 Å². The van der Waals surface area contributed by atoms with Crippen molar-refractivity contribution in [1.29, 1.82) is 0 Å². The highest BCUT2D eigenvalue weighted by molar-refractivity contribution is 6.09. The third-order valence-electron chi connectivity index (χ3n) is 7.46. The Bertz CT molecular complexity index is 1330. The Morgan fingerprint density at radius 3 is 2.55 bits per heavy atom. The number of anilines is 2. The second-order valence-electron chi connectivity index (χ2n) is 10.3. The molecule has 3 aliphatic rings. The van der Waals surface area contributed by atoms with E-state index in [0.717, 1.165) is 50.5 Å².